The van der Waals surface area contributed by atoms with E-state index in [1.807, 2.05) is 26.0 Å². The van der Waals surface area contributed by atoms with Gasteiger partial charge < -0.3 is 10.1 Å². The molecule has 2 aromatic rings. The number of hydrogen-bond donors (Lipinski definition) is 1. The predicted molar refractivity (Wildman–Crippen MR) is 90.9 cm³/mol. The highest BCUT2D eigenvalue weighted by molar-refractivity contribution is 6.33. The number of nitrogens with one attached hydrogen (secondary N) is 1. The van der Waals surface area contributed by atoms with Gasteiger partial charge in [0.2, 0.25) is 0 Å². The number of aryl methyl sites for hydroxylation is 1. The second-order valence-electron chi connectivity index (χ2n) is 4.73. The molecule has 0 amide bonds. The van der Waals surface area contributed by atoms with Crippen LogP contribution in [0.1, 0.15) is 22.8 Å². The number of hydrogen-bond acceptors (Lipinski definition) is 3. The molecule has 0 radical (unpaired) electrons. The topological polar surface area (TPSA) is 38.3 Å². The summed E-state index contributed by atoms with van der Waals surface area (Å²) in [5, 5.41) is 3.68. The second-order valence-corrected chi connectivity index (χ2v) is 5.14. The third-order valence-corrected chi connectivity index (χ3v) is 3.45. The lowest BCUT2D eigenvalue weighted by Gasteiger charge is -2.07. The van der Waals surface area contributed by atoms with Gasteiger partial charge in [0.05, 0.1) is 17.3 Å². The van der Waals surface area contributed by atoms with E-state index in [9.17, 15) is 4.79 Å². The minimum Gasteiger partial charge on any atom is -0.494 e. The highest BCUT2D eigenvalue weighted by atomic mass is 35.5. The molecule has 2 aromatic carbocycles. The van der Waals surface area contributed by atoms with Crippen LogP contribution in [0.15, 0.2) is 54.7 Å². The zero-order valence-electron chi connectivity index (χ0n) is 12.6. The summed E-state index contributed by atoms with van der Waals surface area (Å²) in [6.45, 7) is 4.48. The van der Waals surface area contributed by atoms with Gasteiger partial charge >= 0.3 is 0 Å². The fraction of sp³-hybridized carbons (Fsp3) is 0.167. The van der Waals surface area contributed by atoms with Crippen LogP contribution in [0.2, 0.25) is 5.02 Å². The van der Waals surface area contributed by atoms with Crippen molar-refractivity contribution in [3.05, 3.63) is 70.9 Å². The number of anilines is 1. The molecule has 0 saturated heterocycles. The first-order valence-corrected chi connectivity index (χ1v) is 7.45. The molecule has 22 heavy (non-hydrogen) atoms. The van der Waals surface area contributed by atoms with Crippen molar-refractivity contribution in [1.82, 2.24) is 0 Å². The number of para-hydroxylation sites is 1. The van der Waals surface area contributed by atoms with Gasteiger partial charge in [-0.15, -0.1) is 0 Å². The standard InChI is InChI=1S/C18H18ClNO2/c1-3-22-15-9-7-14(8-10-15)17(21)11-12-20-18-13(2)5-4-6-16(18)19/h4-12,20H,3H2,1-2H3/b12-11+. The molecule has 3 nitrogen and oxygen atoms in total. The lowest BCUT2D eigenvalue weighted by Crippen LogP contribution is -1.98. The fourth-order valence-electron chi connectivity index (χ4n) is 1.99. The van der Waals surface area contributed by atoms with Crippen LogP contribution in [0.5, 0.6) is 5.75 Å². The summed E-state index contributed by atoms with van der Waals surface area (Å²) in [7, 11) is 0. The van der Waals surface area contributed by atoms with E-state index >= 15 is 0 Å². The molecule has 0 heterocycles. The number of carbonyl (C=O) groups excluding carboxylic acids is 1. The Morgan fingerprint density at radius 3 is 2.59 bits per heavy atom. The van der Waals surface area contributed by atoms with E-state index in [0.29, 0.717) is 17.2 Å². The van der Waals surface area contributed by atoms with Crippen LogP contribution in [0.25, 0.3) is 0 Å². The molecule has 0 unspecified atom stereocenters. The third-order valence-electron chi connectivity index (χ3n) is 3.13. The summed E-state index contributed by atoms with van der Waals surface area (Å²) < 4.78 is 5.35. The van der Waals surface area contributed by atoms with Gasteiger partial charge in [-0.2, -0.15) is 0 Å². The molecular formula is C18H18ClNO2. The summed E-state index contributed by atoms with van der Waals surface area (Å²) in [6.07, 6.45) is 3.09. The first-order valence-electron chi connectivity index (χ1n) is 7.07. The molecule has 0 aromatic heterocycles. The van der Waals surface area contributed by atoms with Gasteiger partial charge in [-0.05, 0) is 49.7 Å². The van der Waals surface area contributed by atoms with Crippen LogP contribution in [-0.4, -0.2) is 12.4 Å². The molecule has 0 aliphatic heterocycles. The molecule has 0 atom stereocenters. The van der Waals surface area contributed by atoms with E-state index in [-0.39, 0.29) is 5.78 Å². The molecule has 2 rings (SSSR count). The summed E-state index contributed by atoms with van der Waals surface area (Å²) in [5.41, 5.74) is 2.43. The zero-order valence-corrected chi connectivity index (χ0v) is 13.4. The van der Waals surface area contributed by atoms with Gasteiger partial charge in [0, 0.05) is 17.8 Å². The van der Waals surface area contributed by atoms with Crippen LogP contribution >= 0.6 is 11.6 Å². The van der Waals surface area contributed by atoms with E-state index in [1.165, 1.54) is 6.08 Å². The van der Waals surface area contributed by atoms with E-state index in [1.54, 1.807) is 36.5 Å². The van der Waals surface area contributed by atoms with Crippen molar-refractivity contribution < 1.29 is 9.53 Å². The Morgan fingerprint density at radius 2 is 1.95 bits per heavy atom. The maximum atomic E-state index is 12.1. The maximum Gasteiger partial charge on any atom is 0.187 e. The summed E-state index contributed by atoms with van der Waals surface area (Å²) in [5.74, 6) is 0.674. The lowest BCUT2D eigenvalue weighted by molar-refractivity contribution is 0.104. The first kappa shape index (κ1) is 16.1. The number of allylic oxidation sites excluding steroid dienone is 1. The Bertz CT molecular complexity index is 658. The van der Waals surface area contributed by atoms with Crippen molar-refractivity contribution in [2.45, 2.75) is 13.8 Å². The van der Waals surface area contributed by atoms with Crippen LogP contribution in [0, 0.1) is 6.92 Å². The largest absolute Gasteiger partial charge is 0.494 e. The number of ketones is 1. The minimum absolute atomic E-state index is 0.0831. The van der Waals surface area contributed by atoms with E-state index < -0.39 is 0 Å². The quantitative estimate of drug-likeness (QED) is 0.611. The van der Waals surface area contributed by atoms with Crippen molar-refractivity contribution in [3.8, 4) is 5.75 Å². The molecule has 0 aliphatic carbocycles. The van der Waals surface area contributed by atoms with Gasteiger partial charge in [0.1, 0.15) is 5.75 Å². The van der Waals surface area contributed by atoms with Crippen molar-refractivity contribution in [1.29, 1.82) is 0 Å². The summed E-state index contributed by atoms with van der Waals surface area (Å²) >= 11 is 6.11. The average molecular weight is 316 g/mol. The van der Waals surface area contributed by atoms with Gasteiger partial charge in [0.25, 0.3) is 0 Å². The van der Waals surface area contributed by atoms with Crippen molar-refractivity contribution in [3.63, 3.8) is 0 Å². The van der Waals surface area contributed by atoms with Crippen molar-refractivity contribution >= 4 is 23.1 Å². The molecule has 0 saturated carbocycles. The Kier molecular flexibility index (Phi) is 5.61. The van der Waals surface area contributed by atoms with Crippen molar-refractivity contribution in [2.24, 2.45) is 0 Å². The van der Waals surface area contributed by atoms with E-state index in [0.717, 1.165) is 17.0 Å². The summed E-state index contributed by atoms with van der Waals surface area (Å²) in [6, 6.07) is 12.7. The molecule has 1 N–H and O–H groups in total. The molecule has 0 bridgehead atoms. The minimum atomic E-state index is -0.0831. The smallest absolute Gasteiger partial charge is 0.187 e. The Morgan fingerprint density at radius 1 is 1.23 bits per heavy atom. The average Bonchev–Trinajstić information content (AvgIpc) is 2.51. The van der Waals surface area contributed by atoms with Gasteiger partial charge in [0.15, 0.2) is 5.78 Å². The van der Waals surface area contributed by atoms with Crippen molar-refractivity contribution in [2.75, 3.05) is 11.9 Å². The lowest BCUT2D eigenvalue weighted by atomic mass is 10.1. The zero-order chi connectivity index (χ0) is 15.9. The number of ether oxygens (including phenoxy) is 1. The molecule has 0 aliphatic rings. The van der Waals surface area contributed by atoms with Crippen LogP contribution in [0.3, 0.4) is 0 Å². The molecule has 4 heteroatoms. The maximum absolute atomic E-state index is 12.1. The third kappa shape index (κ3) is 4.12. The first-order chi connectivity index (χ1) is 10.6. The van der Waals surface area contributed by atoms with Crippen LogP contribution in [-0.2, 0) is 0 Å². The molecule has 114 valence electrons. The van der Waals surface area contributed by atoms with Gasteiger partial charge in [-0.1, -0.05) is 23.7 Å². The predicted octanol–water partition coefficient (Wildman–Crippen LogP) is 4.86. The second kappa shape index (κ2) is 7.66. The normalized spacial score (nSPS) is 10.7. The molecular weight excluding hydrogens is 298 g/mol. The Balaban J connectivity index is 2.02. The monoisotopic (exact) mass is 315 g/mol. The van der Waals surface area contributed by atoms with E-state index in [2.05, 4.69) is 5.32 Å². The van der Waals surface area contributed by atoms with Crippen LogP contribution in [0.4, 0.5) is 5.69 Å². The highest BCUT2D eigenvalue weighted by Gasteiger charge is 2.03. The number of carbonyl (C=O) groups is 1. The molecule has 0 fully saturated rings. The SMILES string of the molecule is CCOc1ccc(C(=O)/C=C/Nc2c(C)cccc2Cl)cc1. The van der Waals surface area contributed by atoms with Gasteiger partial charge in [-0.3, -0.25) is 4.79 Å². The fourth-order valence-corrected chi connectivity index (χ4v) is 2.27. The number of rotatable bonds is 6. The van der Waals surface area contributed by atoms with Crippen LogP contribution < -0.4 is 10.1 Å². The molecule has 0 spiro atoms. The summed E-state index contributed by atoms with van der Waals surface area (Å²) in [4.78, 5) is 12.1. The number of benzene rings is 2. The number of halogens is 1. The van der Waals surface area contributed by atoms with Gasteiger partial charge in [-0.25, -0.2) is 0 Å². The Labute approximate surface area is 135 Å². The Hall–Kier alpha value is -2.26. The highest BCUT2D eigenvalue weighted by Crippen LogP contribution is 2.25. The van der Waals surface area contributed by atoms with E-state index in [4.69, 9.17) is 16.3 Å².